The molecule has 140 valence electrons. The van der Waals surface area contributed by atoms with E-state index in [0.717, 1.165) is 17.5 Å². The van der Waals surface area contributed by atoms with E-state index in [-0.39, 0.29) is 18.5 Å². The number of benzene rings is 2. The first-order chi connectivity index (χ1) is 12.9. The quantitative estimate of drug-likeness (QED) is 0.884. The van der Waals surface area contributed by atoms with Crippen molar-refractivity contribution < 1.29 is 14.4 Å². The van der Waals surface area contributed by atoms with Gasteiger partial charge in [-0.2, -0.15) is 0 Å². The Hall–Kier alpha value is -3.15. The smallest absolute Gasteiger partial charge is 0.259 e. The first-order valence-electron chi connectivity index (χ1n) is 8.93. The molecule has 6 nitrogen and oxygen atoms in total. The van der Waals surface area contributed by atoms with Crippen molar-refractivity contribution in [2.75, 3.05) is 18.1 Å². The number of rotatable bonds is 5. The van der Waals surface area contributed by atoms with Crippen molar-refractivity contribution in [3.63, 3.8) is 0 Å². The molecule has 2 aromatic rings. The van der Waals surface area contributed by atoms with Crippen molar-refractivity contribution in [3.05, 3.63) is 64.7 Å². The Bertz CT molecular complexity index is 890. The number of amides is 3. The summed E-state index contributed by atoms with van der Waals surface area (Å²) in [6.07, 6.45) is 1.30. The van der Waals surface area contributed by atoms with Crippen LogP contribution in [0.25, 0.3) is 0 Å². The van der Waals surface area contributed by atoms with Gasteiger partial charge >= 0.3 is 0 Å². The van der Waals surface area contributed by atoms with E-state index >= 15 is 0 Å². The standard InChI is InChI=1S/C21H23N3O3/c1-14-5-6-17(12-15(14)2)21(27)24(13-23-11-3-4-19(23)25)18-9-7-16(8-10-18)20(22)26/h5-10,12H,3-4,11,13H2,1-2H3,(H2,22,26). The fourth-order valence-electron chi connectivity index (χ4n) is 3.12. The van der Waals surface area contributed by atoms with E-state index < -0.39 is 5.91 Å². The zero-order chi connectivity index (χ0) is 19.6. The van der Waals surface area contributed by atoms with Gasteiger partial charge in [0.2, 0.25) is 11.8 Å². The SMILES string of the molecule is Cc1ccc(C(=O)N(CN2CCCC2=O)c2ccc(C(N)=O)cc2)cc1C. The summed E-state index contributed by atoms with van der Waals surface area (Å²) in [6, 6.07) is 12.1. The van der Waals surface area contributed by atoms with Crippen molar-refractivity contribution in [2.24, 2.45) is 5.73 Å². The van der Waals surface area contributed by atoms with Crippen molar-refractivity contribution in [1.82, 2.24) is 4.90 Å². The number of primary amides is 1. The highest BCUT2D eigenvalue weighted by atomic mass is 16.2. The molecule has 0 saturated carbocycles. The van der Waals surface area contributed by atoms with Gasteiger partial charge in [-0.05, 0) is 67.8 Å². The largest absolute Gasteiger partial charge is 0.366 e. The molecule has 1 heterocycles. The molecule has 2 aromatic carbocycles. The van der Waals surface area contributed by atoms with Gasteiger partial charge in [-0.3, -0.25) is 19.3 Å². The highest BCUT2D eigenvalue weighted by Gasteiger charge is 2.26. The maximum atomic E-state index is 13.2. The summed E-state index contributed by atoms with van der Waals surface area (Å²) < 4.78 is 0. The van der Waals surface area contributed by atoms with Gasteiger partial charge in [-0.1, -0.05) is 6.07 Å². The normalized spacial score (nSPS) is 13.7. The summed E-state index contributed by atoms with van der Waals surface area (Å²) in [4.78, 5) is 39.9. The Labute approximate surface area is 158 Å². The molecule has 3 rings (SSSR count). The maximum absolute atomic E-state index is 13.2. The van der Waals surface area contributed by atoms with Crippen LogP contribution in [-0.2, 0) is 4.79 Å². The second kappa shape index (κ2) is 7.61. The van der Waals surface area contributed by atoms with Gasteiger partial charge in [0, 0.05) is 29.8 Å². The number of hydrogen-bond acceptors (Lipinski definition) is 3. The predicted octanol–water partition coefficient (Wildman–Crippen LogP) is 2.63. The number of carbonyl (C=O) groups is 3. The van der Waals surface area contributed by atoms with Crippen LogP contribution >= 0.6 is 0 Å². The van der Waals surface area contributed by atoms with E-state index in [9.17, 15) is 14.4 Å². The lowest BCUT2D eigenvalue weighted by Gasteiger charge is -2.28. The van der Waals surface area contributed by atoms with Crippen LogP contribution in [0.3, 0.4) is 0 Å². The van der Waals surface area contributed by atoms with Gasteiger partial charge in [0.15, 0.2) is 0 Å². The Morgan fingerprint density at radius 3 is 2.26 bits per heavy atom. The molecule has 0 aromatic heterocycles. The van der Waals surface area contributed by atoms with Crippen LogP contribution in [0.5, 0.6) is 0 Å². The van der Waals surface area contributed by atoms with Gasteiger partial charge in [-0.15, -0.1) is 0 Å². The molecule has 1 aliphatic rings. The van der Waals surface area contributed by atoms with E-state index in [1.807, 2.05) is 26.0 Å². The number of carbonyl (C=O) groups excluding carboxylic acids is 3. The number of hydrogen-bond donors (Lipinski definition) is 1. The lowest BCUT2D eigenvalue weighted by molar-refractivity contribution is -0.127. The minimum Gasteiger partial charge on any atom is -0.366 e. The molecule has 1 aliphatic heterocycles. The van der Waals surface area contributed by atoms with Gasteiger partial charge in [0.05, 0.1) is 0 Å². The molecule has 1 saturated heterocycles. The van der Waals surface area contributed by atoms with Gasteiger partial charge < -0.3 is 10.6 Å². The number of nitrogens with zero attached hydrogens (tertiary/aromatic N) is 2. The second-order valence-electron chi connectivity index (χ2n) is 6.85. The first kappa shape index (κ1) is 18.6. The number of aryl methyl sites for hydroxylation is 2. The third-order valence-electron chi connectivity index (χ3n) is 4.95. The van der Waals surface area contributed by atoms with Crippen LogP contribution in [0.15, 0.2) is 42.5 Å². The van der Waals surface area contributed by atoms with Gasteiger partial charge in [-0.25, -0.2) is 0 Å². The summed E-state index contributed by atoms with van der Waals surface area (Å²) in [5, 5.41) is 0. The minimum atomic E-state index is -0.525. The molecule has 0 radical (unpaired) electrons. The van der Waals surface area contributed by atoms with Crippen LogP contribution in [0, 0.1) is 13.8 Å². The molecule has 3 amide bonds. The molecule has 27 heavy (non-hydrogen) atoms. The Balaban J connectivity index is 1.95. The minimum absolute atomic E-state index is 0.0432. The zero-order valence-electron chi connectivity index (χ0n) is 15.6. The lowest BCUT2D eigenvalue weighted by Crippen LogP contribution is -2.42. The summed E-state index contributed by atoms with van der Waals surface area (Å²) >= 11 is 0. The number of nitrogens with two attached hydrogens (primary N) is 1. The Morgan fingerprint density at radius 2 is 1.70 bits per heavy atom. The molecular weight excluding hydrogens is 342 g/mol. The number of likely N-dealkylation sites (tertiary alicyclic amines) is 1. The third-order valence-corrected chi connectivity index (χ3v) is 4.95. The van der Waals surface area contributed by atoms with E-state index in [0.29, 0.717) is 29.8 Å². The van der Waals surface area contributed by atoms with Gasteiger partial charge in [0.25, 0.3) is 5.91 Å². The molecule has 0 spiro atoms. The van der Waals surface area contributed by atoms with Crippen molar-refractivity contribution in [2.45, 2.75) is 26.7 Å². The molecule has 0 bridgehead atoms. The van der Waals surface area contributed by atoms with E-state index in [1.54, 1.807) is 40.1 Å². The summed E-state index contributed by atoms with van der Waals surface area (Å²) in [5.41, 5.74) is 8.98. The predicted molar refractivity (Wildman–Crippen MR) is 103 cm³/mol. The van der Waals surface area contributed by atoms with Crippen molar-refractivity contribution >= 4 is 23.4 Å². The van der Waals surface area contributed by atoms with Crippen LogP contribution < -0.4 is 10.6 Å². The third kappa shape index (κ3) is 4.00. The molecule has 0 unspecified atom stereocenters. The molecule has 0 aliphatic carbocycles. The van der Waals surface area contributed by atoms with Crippen LogP contribution in [-0.4, -0.2) is 35.8 Å². The first-order valence-corrected chi connectivity index (χ1v) is 8.93. The average Bonchev–Trinajstić information content (AvgIpc) is 3.06. The van der Waals surface area contributed by atoms with Crippen molar-refractivity contribution in [3.8, 4) is 0 Å². The molecular formula is C21H23N3O3. The van der Waals surface area contributed by atoms with Crippen LogP contribution in [0.4, 0.5) is 5.69 Å². The summed E-state index contributed by atoms with van der Waals surface area (Å²) in [6.45, 7) is 4.77. The van der Waals surface area contributed by atoms with E-state index in [4.69, 9.17) is 5.73 Å². The summed E-state index contributed by atoms with van der Waals surface area (Å²) in [7, 11) is 0. The number of anilines is 1. The topological polar surface area (TPSA) is 83.7 Å². The van der Waals surface area contributed by atoms with E-state index in [2.05, 4.69) is 0 Å². The average molecular weight is 365 g/mol. The molecule has 6 heteroatoms. The van der Waals surface area contributed by atoms with Gasteiger partial charge in [0.1, 0.15) is 6.67 Å². The highest BCUT2D eigenvalue weighted by molar-refractivity contribution is 6.06. The zero-order valence-corrected chi connectivity index (χ0v) is 15.6. The highest BCUT2D eigenvalue weighted by Crippen LogP contribution is 2.22. The van der Waals surface area contributed by atoms with Crippen LogP contribution in [0.1, 0.15) is 44.7 Å². The monoisotopic (exact) mass is 365 g/mol. The second-order valence-corrected chi connectivity index (χ2v) is 6.85. The fraction of sp³-hybridized carbons (Fsp3) is 0.286. The molecule has 0 atom stereocenters. The molecule has 2 N–H and O–H groups in total. The Morgan fingerprint density at radius 1 is 1.04 bits per heavy atom. The van der Waals surface area contributed by atoms with Crippen LogP contribution in [0.2, 0.25) is 0 Å². The molecule has 1 fully saturated rings. The summed E-state index contributed by atoms with van der Waals surface area (Å²) in [5.74, 6) is -0.672. The van der Waals surface area contributed by atoms with Crippen molar-refractivity contribution in [1.29, 1.82) is 0 Å². The van der Waals surface area contributed by atoms with E-state index in [1.165, 1.54) is 0 Å². The fourth-order valence-corrected chi connectivity index (χ4v) is 3.12. The lowest BCUT2D eigenvalue weighted by atomic mass is 10.1. The maximum Gasteiger partial charge on any atom is 0.259 e. The Kier molecular flexibility index (Phi) is 5.26.